The summed E-state index contributed by atoms with van der Waals surface area (Å²) < 4.78 is 1.72. The molecule has 0 saturated carbocycles. The van der Waals surface area contributed by atoms with Gasteiger partial charge < -0.3 is 5.73 Å². The second-order valence-electron chi connectivity index (χ2n) is 3.58. The maximum absolute atomic E-state index is 5.65. The minimum absolute atomic E-state index is 0.623. The lowest BCUT2D eigenvalue weighted by Crippen LogP contribution is -1.94. The summed E-state index contributed by atoms with van der Waals surface area (Å²) in [6, 6.07) is 6.14. The first-order valence-electron chi connectivity index (χ1n) is 4.93. The van der Waals surface area contributed by atoms with Gasteiger partial charge in [0.2, 0.25) is 0 Å². The molecule has 3 aromatic rings. The molecule has 0 amide bonds. The van der Waals surface area contributed by atoms with Gasteiger partial charge in [0.1, 0.15) is 0 Å². The van der Waals surface area contributed by atoms with Gasteiger partial charge >= 0.3 is 0 Å². The van der Waals surface area contributed by atoms with Crippen molar-refractivity contribution in [3.05, 3.63) is 46.5 Å². The van der Waals surface area contributed by atoms with Gasteiger partial charge in [-0.2, -0.15) is 5.10 Å². The summed E-state index contributed by atoms with van der Waals surface area (Å²) in [6.07, 6.45) is 4.27. The maximum Gasteiger partial charge on any atom is 0.155 e. The molecule has 16 heavy (non-hydrogen) atoms. The van der Waals surface area contributed by atoms with E-state index < -0.39 is 0 Å². The van der Waals surface area contributed by atoms with Crippen LogP contribution in [-0.2, 0) is 6.42 Å². The lowest BCUT2D eigenvalue weighted by Gasteiger charge is -1.92. The number of nitrogens with two attached hydrogens (primary N) is 1. The Kier molecular flexibility index (Phi) is 2.11. The molecule has 3 heterocycles. The van der Waals surface area contributed by atoms with E-state index in [0.29, 0.717) is 5.69 Å². The van der Waals surface area contributed by atoms with Crippen LogP contribution in [-0.4, -0.2) is 14.6 Å². The van der Waals surface area contributed by atoms with Gasteiger partial charge in [-0.05, 0) is 11.4 Å². The molecule has 3 aromatic heterocycles. The third-order valence-corrected chi connectivity index (χ3v) is 3.20. The van der Waals surface area contributed by atoms with Crippen LogP contribution in [0.15, 0.2) is 36.0 Å². The topological polar surface area (TPSA) is 56.2 Å². The van der Waals surface area contributed by atoms with Crippen LogP contribution in [0.2, 0.25) is 0 Å². The second-order valence-corrected chi connectivity index (χ2v) is 4.61. The smallest absolute Gasteiger partial charge is 0.155 e. The van der Waals surface area contributed by atoms with E-state index in [4.69, 9.17) is 5.73 Å². The van der Waals surface area contributed by atoms with Crippen LogP contribution in [0.4, 0.5) is 5.69 Å². The highest BCUT2D eigenvalue weighted by atomic mass is 32.1. The normalized spacial score (nSPS) is 11.0. The molecule has 0 spiro atoms. The van der Waals surface area contributed by atoms with Crippen molar-refractivity contribution in [3.8, 4) is 0 Å². The fourth-order valence-corrected chi connectivity index (χ4v) is 2.34. The number of nitrogens with zero attached hydrogens (tertiary/aromatic N) is 3. The van der Waals surface area contributed by atoms with Crippen LogP contribution in [0.1, 0.15) is 10.6 Å². The number of fused-ring (bicyclic) bond motifs is 1. The zero-order chi connectivity index (χ0) is 11.0. The second kappa shape index (κ2) is 3.61. The van der Waals surface area contributed by atoms with Gasteiger partial charge in [0.15, 0.2) is 5.65 Å². The van der Waals surface area contributed by atoms with Gasteiger partial charge in [-0.1, -0.05) is 6.07 Å². The standard InChI is InChI=1S/C11H10N4S/c12-8-6-13-11-5-9(14-15(11)7-8)4-10-2-1-3-16-10/h1-3,5-7H,4,12H2. The molecule has 2 N–H and O–H groups in total. The minimum atomic E-state index is 0.623. The molecule has 4 nitrogen and oxygen atoms in total. The molecule has 0 saturated heterocycles. The van der Waals surface area contributed by atoms with Crippen LogP contribution >= 0.6 is 11.3 Å². The van der Waals surface area contributed by atoms with Crippen molar-refractivity contribution in [2.24, 2.45) is 0 Å². The summed E-state index contributed by atoms with van der Waals surface area (Å²) in [5.74, 6) is 0. The van der Waals surface area contributed by atoms with Crippen molar-refractivity contribution in [2.45, 2.75) is 6.42 Å². The average molecular weight is 230 g/mol. The highest BCUT2D eigenvalue weighted by Crippen LogP contribution is 2.15. The Morgan fingerprint density at radius 3 is 3.19 bits per heavy atom. The molecule has 0 unspecified atom stereocenters. The van der Waals surface area contributed by atoms with Crippen molar-refractivity contribution in [3.63, 3.8) is 0 Å². The van der Waals surface area contributed by atoms with Crippen LogP contribution in [0.5, 0.6) is 0 Å². The summed E-state index contributed by atoms with van der Waals surface area (Å²) in [6.45, 7) is 0. The minimum Gasteiger partial charge on any atom is -0.396 e. The largest absolute Gasteiger partial charge is 0.396 e. The van der Waals surface area contributed by atoms with Crippen molar-refractivity contribution >= 4 is 22.7 Å². The number of rotatable bonds is 2. The van der Waals surface area contributed by atoms with Crippen molar-refractivity contribution in [1.82, 2.24) is 14.6 Å². The Morgan fingerprint density at radius 2 is 2.38 bits per heavy atom. The fraction of sp³-hybridized carbons (Fsp3) is 0.0909. The highest BCUT2D eigenvalue weighted by molar-refractivity contribution is 7.09. The molecule has 0 bridgehead atoms. The molecular weight excluding hydrogens is 220 g/mol. The summed E-state index contributed by atoms with van der Waals surface area (Å²) in [5.41, 5.74) is 8.12. The number of anilines is 1. The van der Waals surface area contributed by atoms with Gasteiger partial charge in [0.25, 0.3) is 0 Å². The first kappa shape index (κ1) is 9.35. The third-order valence-electron chi connectivity index (χ3n) is 2.32. The monoisotopic (exact) mass is 230 g/mol. The van der Waals surface area contributed by atoms with E-state index in [2.05, 4.69) is 21.5 Å². The van der Waals surface area contributed by atoms with E-state index >= 15 is 0 Å². The molecule has 3 rings (SSSR count). The quantitative estimate of drug-likeness (QED) is 0.732. The van der Waals surface area contributed by atoms with E-state index in [0.717, 1.165) is 17.8 Å². The molecule has 80 valence electrons. The lowest BCUT2D eigenvalue weighted by atomic mass is 10.3. The van der Waals surface area contributed by atoms with E-state index in [9.17, 15) is 0 Å². The first-order chi connectivity index (χ1) is 7.81. The zero-order valence-corrected chi connectivity index (χ0v) is 9.31. The Hall–Kier alpha value is -1.88. The Bertz CT molecular complexity index is 612. The van der Waals surface area contributed by atoms with E-state index in [1.54, 1.807) is 28.2 Å². The number of hydrogen-bond acceptors (Lipinski definition) is 4. The van der Waals surface area contributed by atoms with Gasteiger partial charge in [0.05, 0.1) is 23.8 Å². The lowest BCUT2D eigenvalue weighted by molar-refractivity contribution is 0.902. The number of nitrogen functional groups attached to an aromatic ring is 1. The average Bonchev–Trinajstić information content (AvgIpc) is 2.86. The third kappa shape index (κ3) is 1.65. The van der Waals surface area contributed by atoms with Gasteiger partial charge in [-0.15, -0.1) is 11.3 Å². The van der Waals surface area contributed by atoms with Crippen molar-refractivity contribution in [2.75, 3.05) is 5.73 Å². The fourth-order valence-electron chi connectivity index (χ4n) is 1.62. The summed E-state index contributed by atoms with van der Waals surface area (Å²) in [4.78, 5) is 5.51. The van der Waals surface area contributed by atoms with Crippen LogP contribution in [0, 0.1) is 0 Å². The predicted octanol–water partition coefficient (Wildman–Crippen LogP) is 1.96. The predicted molar refractivity (Wildman–Crippen MR) is 64.5 cm³/mol. The molecule has 0 atom stereocenters. The molecule has 0 aliphatic rings. The van der Waals surface area contributed by atoms with Crippen LogP contribution in [0.3, 0.4) is 0 Å². The van der Waals surface area contributed by atoms with E-state index in [1.165, 1.54) is 4.88 Å². The van der Waals surface area contributed by atoms with E-state index in [1.807, 2.05) is 12.1 Å². The molecule has 0 radical (unpaired) electrons. The van der Waals surface area contributed by atoms with Crippen LogP contribution < -0.4 is 5.73 Å². The summed E-state index contributed by atoms with van der Waals surface area (Å²) in [7, 11) is 0. The number of aromatic nitrogens is 3. The van der Waals surface area contributed by atoms with Gasteiger partial charge in [-0.25, -0.2) is 9.50 Å². The Labute approximate surface area is 96.4 Å². The molecule has 5 heteroatoms. The molecule has 0 fully saturated rings. The maximum atomic E-state index is 5.65. The Balaban J connectivity index is 1.99. The summed E-state index contributed by atoms with van der Waals surface area (Å²) >= 11 is 1.74. The van der Waals surface area contributed by atoms with Crippen LogP contribution in [0.25, 0.3) is 5.65 Å². The van der Waals surface area contributed by atoms with Gasteiger partial charge in [0, 0.05) is 17.4 Å². The van der Waals surface area contributed by atoms with Gasteiger partial charge in [-0.3, -0.25) is 0 Å². The SMILES string of the molecule is Nc1cnc2cc(Cc3cccs3)nn2c1. The van der Waals surface area contributed by atoms with Crippen molar-refractivity contribution in [1.29, 1.82) is 0 Å². The highest BCUT2D eigenvalue weighted by Gasteiger charge is 2.04. The number of thiophene rings is 1. The number of hydrogen-bond donors (Lipinski definition) is 1. The Morgan fingerprint density at radius 1 is 1.44 bits per heavy atom. The first-order valence-corrected chi connectivity index (χ1v) is 5.81. The molecule has 0 aromatic carbocycles. The zero-order valence-electron chi connectivity index (χ0n) is 8.50. The molecule has 0 aliphatic carbocycles. The molecular formula is C11H10N4S. The van der Waals surface area contributed by atoms with Crippen molar-refractivity contribution < 1.29 is 0 Å². The summed E-state index contributed by atoms with van der Waals surface area (Å²) in [5, 5.41) is 6.50. The van der Waals surface area contributed by atoms with E-state index in [-0.39, 0.29) is 0 Å². The molecule has 0 aliphatic heterocycles.